The Kier molecular flexibility index (Phi) is 4.71. The van der Waals surface area contributed by atoms with E-state index < -0.39 is 0 Å². The van der Waals surface area contributed by atoms with Crippen LogP contribution in [0.1, 0.15) is 17.5 Å². The number of ether oxygens (including phenoxy) is 2. The molecule has 0 aliphatic heterocycles. The summed E-state index contributed by atoms with van der Waals surface area (Å²) in [5.74, 6) is 2.33. The van der Waals surface area contributed by atoms with Gasteiger partial charge in [-0.3, -0.25) is 0 Å². The Bertz CT molecular complexity index is 545. The lowest BCUT2D eigenvalue weighted by Gasteiger charge is -2.08. The highest BCUT2D eigenvalue weighted by Crippen LogP contribution is 2.37. The summed E-state index contributed by atoms with van der Waals surface area (Å²) in [7, 11) is 3.32. The van der Waals surface area contributed by atoms with Gasteiger partial charge >= 0.3 is 0 Å². The fraction of sp³-hybridized carbons (Fsp3) is 0.357. The standard InChI is InChI=1S/C14H17NO2S2/c1-4-11-13(8-18)19-14(15-11)10-7-9(16-2)5-6-12(10)17-3/h5-7,18H,4,8H2,1-3H3. The predicted molar refractivity (Wildman–Crippen MR) is 82.7 cm³/mol. The molecule has 1 heterocycles. The van der Waals surface area contributed by atoms with E-state index in [1.54, 1.807) is 25.6 Å². The van der Waals surface area contributed by atoms with Crippen LogP contribution < -0.4 is 9.47 Å². The van der Waals surface area contributed by atoms with E-state index in [1.807, 2.05) is 18.2 Å². The van der Waals surface area contributed by atoms with E-state index >= 15 is 0 Å². The average Bonchev–Trinajstić information content (AvgIpc) is 2.89. The monoisotopic (exact) mass is 295 g/mol. The second-order valence-corrected chi connectivity index (χ2v) is 5.37. The van der Waals surface area contributed by atoms with Gasteiger partial charge in [-0.25, -0.2) is 4.98 Å². The molecular formula is C14H17NO2S2. The van der Waals surface area contributed by atoms with Crippen LogP contribution in [0.5, 0.6) is 11.5 Å². The smallest absolute Gasteiger partial charge is 0.129 e. The SMILES string of the molecule is CCc1nc(-c2cc(OC)ccc2OC)sc1CS. The largest absolute Gasteiger partial charge is 0.497 e. The summed E-state index contributed by atoms with van der Waals surface area (Å²) in [6.45, 7) is 2.11. The summed E-state index contributed by atoms with van der Waals surface area (Å²) >= 11 is 6.02. The summed E-state index contributed by atoms with van der Waals surface area (Å²) in [4.78, 5) is 5.90. The van der Waals surface area contributed by atoms with Crippen molar-refractivity contribution in [3.63, 3.8) is 0 Å². The molecule has 0 radical (unpaired) electrons. The molecule has 1 aromatic heterocycles. The molecule has 0 saturated heterocycles. The predicted octanol–water partition coefficient (Wildman–Crippen LogP) is 3.82. The maximum atomic E-state index is 5.41. The fourth-order valence-electron chi connectivity index (χ4n) is 1.88. The van der Waals surface area contributed by atoms with Gasteiger partial charge in [-0.1, -0.05) is 6.92 Å². The Labute approximate surface area is 123 Å². The Balaban J connectivity index is 2.53. The maximum Gasteiger partial charge on any atom is 0.129 e. The van der Waals surface area contributed by atoms with Crippen molar-refractivity contribution in [2.75, 3.05) is 14.2 Å². The third-order valence-corrected chi connectivity index (χ3v) is 4.55. The van der Waals surface area contributed by atoms with Crippen molar-refractivity contribution < 1.29 is 9.47 Å². The summed E-state index contributed by atoms with van der Waals surface area (Å²) in [5, 5.41) is 0.955. The second kappa shape index (κ2) is 6.30. The van der Waals surface area contributed by atoms with E-state index in [1.165, 1.54) is 4.88 Å². The van der Waals surface area contributed by atoms with Gasteiger partial charge in [0.05, 0.1) is 25.5 Å². The molecule has 0 N–H and O–H groups in total. The van der Waals surface area contributed by atoms with Crippen LogP contribution in [-0.2, 0) is 12.2 Å². The zero-order chi connectivity index (χ0) is 13.8. The minimum absolute atomic E-state index is 0.715. The van der Waals surface area contributed by atoms with Crippen LogP contribution in [0.15, 0.2) is 18.2 Å². The van der Waals surface area contributed by atoms with Crippen molar-refractivity contribution in [1.82, 2.24) is 4.98 Å². The van der Waals surface area contributed by atoms with Gasteiger partial charge in [0.25, 0.3) is 0 Å². The number of methoxy groups -OCH3 is 2. The molecule has 102 valence electrons. The molecule has 19 heavy (non-hydrogen) atoms. The van der Waals surface area contributed by atoms with Gasteiger partial charge in [0, 0.05) is 10.6 Å². The van der Waals surface area contributed by atoms with Crippen LogP contribution in [0.4, 0.5) is 0 Å². The van der Waals surface area contributed by atoms with Crippen LogP contribution in [-0.4, -0.2) is 19.2 Å². The Morgan fingerprint density at radius 1 is 1.26 bits per heavy atom. The highest BCUT2D eigenvalue weighted by atomic mass is 32.1. The van der Waals surface area contributed by atoms with Crippen LogP contribution in [0.25, 0.3) is 10.6 Å². The highest BCUT2D eigenvalue weighted by molar-refractivity contribution is 7.79. The molecule has 0 saturated carbocycles. The van der Waals surface area contributed by atoms with Crippen LogP contribution in [0.2, 0.25) is 0 Å². The van der Waals surface area contributed by atoms with Gasteiger partial charge in [-0.2, -0.15) is 12.6 Å². The Morgan fingerprint density at radius 2 is 2.05 bits per heavy atom. The zero-order valence-corrected chi connectivity index (χ0v) is 13.0. The van der Waals surface area contributed by atoms with Crippen LogP contribution in [0, 0.1) is 0 Å². The molecule has 2 rings (SSSR count). The molecule has 3 nitrogen and oxygen atoms in total. The Morgan fingerprint density at radius 3 is 2.58 bits per heavy atom. The van der Waals surface area contributed by atoms with Crippen molar-refractivity contribution >= 4 is 24.0 Å². The number of thiol groups is 1. The van der Waals surface area contributed by atoms with Crippen LogP contribution >= 0.6 is 24.0 Å². The number of hydrogen-bond acceptors (Lipinski definition) is 5. The molecule has 0 spiro atoms. The quantitative estimate of drug-likeness (QED) is 0.851. The van der Waals surface area contributed by atoms with Gasteiger partial charge in [0.2, 0.25) is 0 Å². The van der Waals surface area contributed by atoms with Crippen molar-refractivity contribution in [2.45, 2.75) is 19.1 Å². The molecular weight excluding hydrogens is 278 g/mol. The fourth-order valence-corrected chi connectivity index (χ4v) is 3.29. The molecule has 0 amide bonds. The number of thiazole rings is 1. The van der Waals surface area contributed by atoms with Crippen molar-refractivity contribution in [3.05, 3.63) is 28.8 Å². The lowest BCUT2D eigenvalue weighted by atomic mass is 10.2. The number of benzene rings is 1. The number of rotatable bonds is 5. The van der Waals surface area contributed by atoms with Gasteiger partial charge in [-0.15, -0.1) is 11.3 Å². The molecule has 0 fully saturated rings. The lowest BCUT2D eigenvalue weighted by Crippen LogP contribution is -1.90. The second-order valence-electron chi connectivity index (χ2n) is 3.97. The molecule has 0 aliphatic carbocycles. The molecule has 1 aromatic carbocycles. The summed E-state index contributed by atoms with van der Waals surface area (Å²) in [6, 6.07) is 5.75. The molecule has 0 atom stereocenters. The van der Waals surface area contributed by atoms with Gasteiger partial charge in [0.1, 0.15) is 16.5 Å². The van der Waals surface area contributed by atoms with Gasteiger partial charge in [0.15, 0.2) is 0 Å². The average molecular weight is 295 g/mol. The normalized spacial score (nSPS) is 10.5. The summed E-state index contributed by atoms with van der Waals surface area (Å²) in [6.07, 6.45) is 0.915. The van der Waals surface area contributed by atoms with E-state index in [0.717, 1.165) is 34.2 Å². The first-order valence-electron chi connectivity index (χ1n) is 6.05. The van der Waals surface area contributed by atoms with E-state index in [-0.39, 0.29) is 0 Å². The van der Waals surface area contributed by atoms with Crippen molar-refractivity contribution in [1.29, 1.82) is 0 Å². The van der Waals surface area contributed by atoms with E-state index in [2.05, 4.69) is 24.5 Å². The molecule has 0 unspecified atom stereocenters. The first-order valence-corrected chi connectivity index (χ1v) is 7.50. The van der Waals surface area contributed by atoms with E-state index in [0.29, 0.717) is 5.75 Å². The van der Waals surface area contributed by atoms with Gasteiger partial charge < -0.3 is 9.47 Å². The number of nitrogens with zero attached hydrogens (tertiary/aromatic N) is 1. The molecule has 2 aromatic rings. The topological polar surface area (TPSA) is 31.4 Å². The van der Waals surface area contributed by atoms with Crippen molar-refractivity contribution in [3.8, 4) is 22.1 Å². The zero-order valence-electron chi connectivity index (χ0n) is 11.3. The first-order chi connectivity index (χ1) is 9.23. The van der Waals surface area contributed by atoms with E-state index in [9.17, 15) is 0 Å². The number of hydrogen-bond donors (Lipinski definition) is 1. The molecule has 0 bridgehead atoms. The summed E-state index contributed by atoms with van der Waals surface area (Å²) in [5.41, 5.74) is 2.08. The highest BCUT2D eigenvalue weighted by Gasteiger charge is 2.14. The third kappa shape index (κ3) is 2.87. The Hall–Kier alpha value is -1.20. The molecule has 0 aliphatic rings. The van der Waals surface area contributed by atoms with Crippen molar-refractivity contribution in [2.24, 2.45) is 0 Å². The number of aryl methyl sites for hydroxylation is 1. The molecule has 5 heteroatoms. The first kappa shape index (κ1) is 14.2. The maximum absolute atomic E-state index is 5.41. The number of aromatic nitrogens is 1. The third-order valence-electron chi connectivity index (χ3n) is 2.89. The minimum atomic E-state index is 0.715. The summed E-state index contributed by atoms with van der Waals surface area (Å²) < 4.78 is 10.7. The lowest BCUT2D eigenvalue weighted by molar-refractivity contribution is 0.404. The van der Waals surface area contributed by atoms with E-state index in [4.69, 9.17) is 9.47 Å². The van der Waals surface area contributed by atoms with Crippen LogP contribution in [0.3, 0.4) is 0 Å². The minimum Gasteiger partial charge on any atom is -0.497 e. The van der Waals surface area contributed by atoms with Gasteiger partial charge in [-0.05, 0) is 24.6 Å².